The van der Waals surface area contributed by atoms with Gasteiger partial charge in [-0.3, -0.25) is 0 Å². The zero-order chi connectivity index (χ0) is 14.1. The Kier molecular flexibility index (Phi) is 8.15. The van der Waals surface area contributed by atoms with Crippen molar-refractivity contribution in [2.24, 2.45) is 5.73 Å². The van der Waals surface area contributed by atoms with E-state index in [1.807, 2.05) is 0 Å². The number of anilines is 1. The predicted octanol–water partition coefficient (Wildman–Crippen LogP) is 4.36. The van der Waals surface area contributed by atoms with E-state index in [1.165, 1.54) is 36.9 Å². The fraction of sp³-hybridized carbons (Fsp3) is 0.625. The lowest BCUT2D eigenvalue weighted by Gasteiger charge is -2.27. The van der Waals surface area contributed by atoms with Gasteiger partial charge in [-0.1, -0.05) is 42.6 Å². The molecule has 108 valence electrons. The zero-order valence-corrected chi connectivity index (χ0v) is 13.9. The van der Waals surface area contributed by atoms with Gasteiger partial charge in [-0.2, -0.15) is 0 Å². The van der Waals surface area contributed by atoms with Crippen LogP contribution in [0.25, 0.3) is 0 Å². The highest BCUT2D eigenvalue weighted by Gasteiger charge is 2.10. The van der Waals surface area contributed by atoms with Crippen LogP contribution < -0.4 is 10.6 Å². The highest BCUT2D eigenvalue weighted by Crippen LogP contribution is 2.26. The van der Waals surface area contributed by atoms with Crippen molar-refractivity contribution in [3.8, 4) is 0 Å². The summed E-state index contributed by atoms with van der Waals surface area (Å²) >= 11 is 3.56. The minimum Gasteiger partial charge on any atom is -0.371 e. The molecular weight excluding hydrogens is 300 g/mol. The maximum absolute atomic E-state index is 5.75. The van der Waals surface area contributed by atoms with E-state index in [-0.39, 0.29) is 0 Å². The maximum Gasteiger partial charge on any atom is 0.0400 e. The van der Waals surface area contributed by atoms with Crippen molar-refractivity contribution in [3.05, 3.63) is 28.2 Å². The molecule has 1 aromatic rings. The highest BCUT2D eigenvalue weighted by molar-refractivity contribution is 9.10. The van der Waals surface area contributed by atoms with Crippen LogP contribution in [-0.4, -0.2) is 19.6 Å². The average Bonchev–Trinajstić information content (AvgIpc) is 2.40. The predicted molar refractivity (Wildman–Crippen MR) is 88.9 cm³/mol. The first-order valence-corrected chi connectivity index (χ1v) is 8.25. The summed E-state index contributed by atoms with van der Waals surface area (Å²) in [5, 5.41) is 0. The molecule has 2 N–H and O–H groups in total. The lowest BCUT2D eigenvalue weighted by Crippen LogP contribution is -2.27. The largest absolute Gasteiger partial charge is 0.371 e. The number of hydrogen-bond donors (Lipinski definition) is 1. The molecule has 1 rings (SSSR count). The third-order valence-electron chi connectivity index (χ3n) is 3.36. The van der Waals surface area contributed by atoms with Crippen LogP contribution in [0.15, 0.2) is 22.7 Å². The van der Waals surface area contributed by atoms with Crippen LogP contribution in [0.3, 0.4) is 0 Å². The zero-order valence-electron chi connectivity index (χ0n) is 12.3. The van der Waals surface area contributed by atoms with Crippen LogP contribution in [0.4, 0.5) is 5.69 Å². The molecule has 0 amide bonds. The van der Waals surface area contributed by atoms with Gasteiger partial charge in [0.2, 0.25) is 0 Å². The molecule has 0 saturated carbocycles. The van der Waals surface area contributed by atoms with Crippen LogP contribution in [-0.2, 0) is 6.42 Å². The summed E-state index contributed by atoms with van der Waals surface area (Å²) in [5.74, 6) is 0. The summed E-state index contributed by atoms with van der Waals surface area (Å²) < 4.78 is 1.14. The van der Waals surface area contributed by atoms with E-state index >= 15 is 0 Å². The standard InChI is InChI=1S/C16H27BrN2/c1-3-5-11-19(12-6-4-2)16-8-7-15(17)13-14(16)9-10-18/h7-8,13H,3-6,9-12,18H2,1-2H3. The molecule has 19 heavy (non-hydrogen) atoms. The quantitative estimate of drug-likeness (QED) is 0.730. The Balaban J connectivity index is 2.91. The summed E-state index contributed by atoms with van der Waals surface area (Å²) in [6.07, 6.45) is 5.93. The van der Waals surface area contributed by atoms with E-state index < -0.39 is 0 Å². The molecule has 2 nitrogen and oxygen atoms in total. The Hall–Kier alpha value is -0.540. The summed E-state index contributed by atoms with van der Waals surface area (Å²) in [5.41, 5.74) is 8.48. The molecule has 0 radical (unpaired) electrons. The third kappa shape index (κ3) is 5.53. The van der Waals surface area contributed by atoms with Gasteiger partial charge in [-0.05, 0) is 49.6 Å². The molecule has 0 spiro atoms. The summed E-state index contributed by atoms with van der Waals surface area (Å²) in [6.45, 7) is 7.50. The van der Waals surface area contributed by atoms with E-state index in [0.717, 1.165) is 24.0 Å². The first-order valence-electron chi connectivity index (χ1n) is 7.46. The number of halogens is 1. The first kappa shape index (κ1) is 16.5. The van der Waals surface area contributed by atoms with Crippen LogP contribution in [0.2, 0.25) is 0 Å². The fourth-order valence-corrected chi connectivity index (χ4v) is 2.68. The minimum absolute atomic E-state index is 0.707. The molecule has 0 aromatic heterocycles. The van der Waals surface area contributed by atoms with E-state index in [2.05, 4.69) is 52.9 Å². The number of benzene rings is 1. The van der Waals surface area contributed by atoms with Crippen molar-refractivity contribution in [3.63, 3.8) is 0 Å². The van der Waals surface area contributed by atoms with Gasteiger partial charge in [-0.15, -0.1) is 0 Å². The lowest BCUT2D eigenvalue weighted by molar-refractivity contribution is 0.675. The van der Waals surface area contributed by atoms with Crippen molar-refractivity contribution >= 4 is 21.6 Å². The number of hydrogen-bond acceptors (Lipinski definition) is 2. The van der Waals surface area contributed by atoms with Crippen molar-refractivity contribution < 1.29 is 0 Å². The third-order valence-corrected chi connectivity index (χ3v) is 3.85. The minimum atomic E-state index is 0.707. The Morgan fingerprint density at radius 2 is 1.74 bits per heavy atom. The van der Waals surface area contributed by atoms with E-state index in [9.17, 15) is 0 Å². The molecule has 0 aliphatic rings. The van der Waals surface area contributed by atoms with E-state index in [0.29, 0.717) is 6.54 Å². The number of rotatable bonds is 9. The summed E-state index contributed by atoms with van der Waals surface area (Å²) in [6, 6.07) is 6.59. The second-order valence-electron chi connectivity index (χ2n) is 5.01. The second kappa shape index (κ2) is 9.38. The molecule has 0 saturated heterocycles. The van der Waals surface area contributed by atoms with Crippen LogP contribution >= 0.6 is 15.9 Å². The number of nitrogens with zero attached hydrogens (tertiary/aromatic N) is 1. The second-order valence-corrected chi connectivity index (χ2v) is 5.92. The van der Waals surface area contributed by atoms with Crippen molar-refractivity contribution in [1.82, 2.24) is 0 Å². The van der Waals surface area contributed by atoms with Gasteiger partial charge < -0.3 is 10.6 Å². The Bertz CT molecular complexity index is 358. The summed E-state index contributed by atoms with van der Waals surface area (Å²) in [7, 11) is 0. The molecule has 0 atom stereocenters. The van der Waals surface area contributed by atoms with Gasteiger partial charge in [0.1, 0.15) is 0 Å². The molecule has 0 heterocycles. The van der Waals surface area contributed by atoms with Gasteiger partial charge in [0.05, 0.1) is 0 Å². The molecule has 0 aliphatic heterocycles. The van der Waals surface area contributed by atoms with E-state index in [1.54, 1.807) is 0 Å². The van der Waals surface area contributed by atoms with Crippen LogP contribution in [0.5, 0.6) is 0 Å². The smallest absolute Gasteiger partial charge is 0.0400 e. The lowest BCUT2D eigenvalue weighted by atomic mass is 10.1. The van der Waals surface area contributed by atoms with Gasteiger partial charge in [0, 0.05) is 23.2 Å². The average molecular weight is 327 g/mol. The van der Waals surface area contributed by atoms with Crippen LogP contribution in [0, 0.1) is 0 Å². The first-order chi connectivity index (χ1) is 9.22. The van der Waals surface area contributed by atoms with E-state index in [4.69, 9.17) is 5.73 Å². The SMILES string of the molecule is CCCCN(CCCC)c1ccc(Br)cc1CCN. The monoisotopic (exact) mass is 326 g/mol. The molecule has 3 heteroatoms. The Morgan fingerprint density at radius 3 is 2.26 bits per heavy atom. The Morgan fingerprint density at radius 1 is 1.11 bits per heavy atom. The normalized spacial score (nSPS) is 10.7. The topological polar surface area (TPSA) is 29.3 Å². The molecule has 1 aromatic carbocycles. The highest BCUT2D eigenvalue weighted by atomic mass is 79.9. The maximum atomic E-state index is 5.75. The fourth-order valence-electron chi connectivity index (χ4n) is 2.27. The summed E-state index contributed by atoms with van der Waals surface area (Å²) in [4.78, 5) is 2.53. The number of unbranched alkanes of at least 4 members (excludes halogenated alkanes) is 2. The van der Waals surface area contributed by atoms with Crippen molar-refractivity contribution in [1.29, 1.82) is 0 Å². The molecule has 0 unspecified atom stereocenters. The van der Waals surface area contributed by atoms with Crippen LogP contribution in [0.1, 0.15) is 45.1 Å². The molecule has 0 bridgehead atoms. The van der Waals surface area contributed by atoms with Gasteiger partial charge in [-0.25, -0.2) is 0 Å². The van der Waals surface area contributed by atoms with Crippen molar-refractivity contribution in [2.45, 2.75) is 46.0 Å². The van der Waals surface area contributed by atoms with Crippen molar-refractivity contribution in [2.75, 3.05) is 24.5 Å². The van der Waals surface area contributed by atoms with Gasteiger partial charge >= 0.3 is 0 Å². The van der Waals surface area contributed by atoms with Gasteiger partial charge in [0.15, 0.2) is 0 Å². The molecule has 0 fully saturated rings. The molecular formula is C16H27BrN2. The molecule has 0 aliphatic carbocycles. The number of nitrogens with two attached hydrogens (primary N) is 1. The Labute approximate surface area is 126 Å². The van der Waals surface area contributed by atoms with Gasteiger partial charge in [0.25, 0.3) is 0 Å².